The standard InChI is InChI=1S/C7H8.2C6H7N.C5H6N2/c1-7-5-3-2-4-6-7;1-6-2-4-7-5-3-6;1-6-3-2-4-7-5-6;1-5-2-3-6-4-7-5/h2-6H,1H3;2*2-5H,1H3;2-4H,1H3. The Bertz CT molecular complexity index is 686. The molecule has 0 unspecified atom stereocenters. The van der Waals surface area contributed by atoms with Gasteiger partial charge in [0.25, 0.3) is 0 Å². The Kier molecular flexibility index (Phi) is 11.9. The van der Waals surface area contributed by atoms with Gasteiger partial charge in [0, 0.05) is 36.7 Å². The van der Waals surface area contributed by atoms with Crippen LogP contribution in [-0.4, -0.2) is 19.9 Å². The molecule has 0 bridgehead atoms. The van der Waals surface area contributed by atoms with Crippen molar-refractivity contribution in [3.05, 3.63) is 120 Å². The molecule has 0 saturated carbocycles. The summed E-state index contributed by atoms with van der Waals surface area (Å²) < 4.78 is 0. The Balaban J connectivity index is 0.000000187. The third-order valence-corrected chi connectivity index (χ3v) is 3.33. The normalized spacial score (nSPS) is 8.71. The quantitative estimate of drug-likeness (QED) is 0.405. The summed E-state index contributed by atoms with van der Waals surface area (Å²) in [5.41, 5.74) is 4.80. The Hall–Kier alpha value is -3.40. The van der Waals surface area contributed by atoms with Gasteiger partial charge in [0.2, 0.25) is 0 Å². The molecule has 0 radical (unpaired) electrons. The summed E-state index contributed by atoms with van der Waals surface area (Å²) in [5, 5.41) is 0. The van der Waals surface area contributed by atoms with E-state index in [4.69, 9.17) is 0 Å². The first-order valence-electron chi connectivity index (χ1n) is 9.05. The molecule has 3 aromatic heterocycles. The highest BCUT2D eigenvalue weighted by Crippen LogP contribution is 1.92. The monoisotopic (exact) mass is 372 g/mol. The van der Waals surface area contributed by atoms with Gasteiger partial charge in [-0.1, -0.05) is 42.0 Å². The fourth-order valence-corrected chi connectivity index (χ4v) is 1.77. The molecule has 0 atom stereocenters. The first-order chi connectivity index (χ1) is 13.6. The first kappa shape index (κ1) is 22.6. The van der Waals surface area contributed by atoms with Crippen LogP contribution < -0.4 is 0 Å². The van der Waals surface area contributed by atoms with Crippen molar-refractivity contribution < 1.29 is 0 Å². The van der Waals surface area contributed by atoms with Gasteiger partial charge < -0.3 is 0 Å². The molecule has 144 valence electrons. The largest absolute Gasteiger partial charge is 0.265 e. The average molecular weight is 373 g/mol. The van der Waals surface area contributed by atoms with Crippen LogP contribution in [0.2, 0.25) is 0 Å². The Morgan fingerprint density at radius 3 is 1.39 bits per heavy atom. The number of rotatable bonds is 0. The van der Waals surface area contributed by atoms with Crippen LogP contribution in [0.4, 0.5) is 0 Å². The van der Waals surface area contributed by atoms with Gasteiger partial charge in [-0.15, -0.1) is 0 Å². The number of nitrogens with zero attached hydrogens (tertiary/aromatic N) is 4. The maximum absolute atomic E-state index is 3.88. The average Bonchev–Trinajstić information content (AvgIpc) is 2.72. The van der Waals surface area contributed by atoms with Gasteiger partial charge in [-0.3, -0.25) is 9.97 Å². The second kappa shape index (κ2) is 14.7. The second-order valence-electron chi connectivity index (χ2n) is 6.06. The van der Waals surface area contributed by atoms with E-state index in [1.165, 1.54) is 23.0 Å². The Labute approximate surface area is 168 Å². The summed E-state index contributed by atoms with van der Waals surface area (Å²) in [5.74, 6) is 0. The van der Waals surface area contributed by atoms with E-state index in [-0.39, 0.29) is 0 Å². The van der Waals surface area contributed by atoms with Crippen molar-refractivity contribution in [3.8, 4) is 0 Å². The molecule has 0 fully saturated rings. The molecule has 0 aliphatic rings. The van der Waals surface area contributed by atoms with Crippen molar-refractivity contribution in [2.75, 3.05) is 0 Å². The lowest BCUT2D eigenvalue weighted by molar-refractivity contribution is 1.10. The van der Waals surface area contributed by atoms with E-state index in [0.29, 0.717) is 0 Å². The van der Waals surface area contributed by atoms with E-state index in [9.17, 15) is 0 Å². The topological polar surface area (TPSA) is 51.6 Å². The number of hydrogen-bond donors (Lipinski definition) is 0. The summed E-state index contributed by atoms with van der Waals surface area (Å²) >= 11 is 0. The summed E-state index contributed by atoms with van der Waals surface area (Å²) in [6.07, 6.45) is 10.4. The zero-order chi connectivity index (χ0) is 20.5. The molecule has 1 aromatic carbocycles. The highest BCUT2D eigenvalue weighted by atomic mass is 14.8. The molecule has 4 heteroatoms. The molecule has 0 spiro atoms. The molecule has 3 heterocycles. The summed E-state index contributed by atoms with van der Waals surface area (Å²) in [7, 11) is 0. The molecule has 28 heavy (non-hydrogen) atoms. The van der Waals surface area contributed by atoms with Gasteiger partial charge in [0.15, 0.2) is 0 Å². The third-order valence-electron chi connectivity index (χ3n) is 3.33. The molecule has 4 rings (SSSR count). The summed E-state index contributed by atoms with van der Waals surface area (Å²) in [4.78, 5) is 15.3. The zero-order valence-corrected chi connectivity index (χ0v) is 17.0. The van der Waals surface area contributed by atoms with E-state index in [0.717, 1.165) is 5.69 Å². The van der Waals surface area contributed by atoms with E-state index in [1.807, 2.05) is 75.5 Å². The van der Waals surface area contributed by atoms with Crippen LogP contribution in [0.3, 0.4) is 0 Å². The second-order valence-corrected chi connectivity index (χ2v) is 6.06. The van der Waals surface area contributed by atoms with Crippen molar-refractivity contribution in [3.63, 3.8) is 0 Å². The van der Waals surface area contributed by atoms with Gasteiger partial charge >= 0.3 is 0 Å². The van der Waals surface area contributed by atoms with Crippen molar-refractivity contribution in [1.82, 2.24) is 19.9 Å². The van der Waals surface area contributed by atoms with Crippen LogP contribution in [0.1, 0.15) is 22.4 Å². The van der Waals surface area contributed by atoms with E-state index in [2.05, 4.69) is 39.0 Å². The number of aromatic nitrogens is 4. The highest BCUT2D eigenvalue weighted by molar-refractivity contribution is 5.11. The molecular formula is C24H28N4. The van der Waals surface area contributed by atoms with Crippen molar-refractivity contribution in [2.45, 2.75) is 27.7 Å². The minimum absolute atomic E-state index is 1.01. The number of aryl methyl sites for hydroxylation is 4. The number of hydrogen-bond acceptors (Lipinski definition) is 4. The van der Waals surface area contributed by atoms with Gasteiger partial charge in [0.05, 0.1) is 0 Å². The van der Waals surface area contributed by atoms with Crippen LogP contribution in [0.15, 0.2) is 98.0 Å². The van der Waals surface area contributed by atoms with Crippen LogP contribution in [0.25, 0.3) is 0 Å². The molecule has 0 N–H and O–H groups in total. The lowest BCUT2D eigenvalue weighted by atomic mass is 10.2. The maximum Gasteiger partial charge on any atom is 0.115 e. The molecule has 4 nitrogen and oxygen atoms in total. The van der Waals surface area contributed by atoms with Crippen LogP contribution in [0.5, 0.6) is 0 Å². The van der Waals surface area contributed by atoms with Crippen LogP contribution >= 0.6 is 0 Å². The number of pyridine rings is 2. The molecule has 0 amide bonds. The maximum atomic E-state index is 3.88. The SMILES string of the molecule is Cc1ccccc1.Cc1cccnc1.Cc1ccncc1.Cc1ccncn1. The van der Waals surface area contributed by atoms with Crippen molar-refractivity contribution >= 4 is 0 Å². The number of benzene rings is 1. The lowest BCUT2D eigenvalue weighted by Crippen LogP contribution is -1.77. The first-order valence-corrected chi connectivity index (χ1v) is 9.05. The van der Waals surface area contributed by atoms with Crippen molar-refractivity contribution in [2.24, 2.45) is 0 Å². The fraction of sp³-hybridized carbons (Fsp3) is 0.167. The Morgan fingerprint density at radius 2 is 1.11 bits per heavy atom. The predicted molar refractivity (Wildman–Crippen MR) is 116 cm³/mol. The minimum atomic E-state index is 1.01. The minimum Gasteiger partial charge on any atom is -0.265 e. The van der Waals surface area contributed by atoms with E-state index < -0.39 is 0 Å². The third kappa shape index (κ3) is 12.9. The Morgan fingerprint density at radius 1 is 0.500 bits per heavy atom. The zero-order valence-electron chi connectivity index (χ0n) is 17.0. The van der Waals surface area contributed by atoms with Gasteiger partial charge in [0.1, 0.15) is 6.33 Å². The van der Waals surface area contributed by atoms with E-state index in [1.54, 1.807) is 24.8 Å². The lowest BCUT2D eigenvalue weighted by Gasteiger charge is -1.82. The fourth-order valence-electron chi connectivity index (χ4n) is 1.77. The highest BCUT2D eigenvalue weighted by Gasteiger charge is 1.75. The van der Waals surface area contributed by atoms with Crippen LogP contribution in [-0.2, 0) is 0 Å². The molecular weight excluding hydrogens is 344 g/mol. The van der Waals surface area contributed by atoms with Gasteiger partial charge in [-0.2, -0.15) is 0 Å². The predicted octanol–water partition coefficient (Wildman–Crippen LogP) is 5.56. The smallest absolute Gasteiger partial charge is 0.115 e. The molecule has 4 aromatic rings. The van der Waals surface area contributed by atoms with Crippen molar-refractivity contribution in [1.29, 1.82) is 0 Å². The molecule has 0 aliphatic carbocycles. The van der Waals surface area contributed by atoms with E-state index >= 15 is 0 Å². The van der Waals surface area contributed by atoms with Gasteiger partial charge in [-0.25, -0.2) is 9.97 Å². The molecule has 0 aliphatic heterocycles. The van der Waals surface area contributed by atoms with Crippen LogP contribution in [0, 0.1) is 27.7 Å². The summed E-state index contributed by atoms with van der Waals surface area (Å²) in [6.45, 7) is 8.08. The van der Waals surface area contributed by atoms with Gasteiger partial charge in [-0.05, 0) is 63.1 Å². The summed E-state index contributed by atoms with van der Waals surface area (Å²) in [6, 6.07) is 20.0. The molecule has 0 saturated heterocycles.